The van der Waals surface area contributed by atoms with Crippen molar-refractivity contribution in [2.24, 2.45) is 5.92 Å². The van der Waals surface area contributed by atoms with Crippen LogP contribution in [0, 0.1) is 5.92 Å². The van der Waals surface area contributed by atoms with Crippen LogP contribution in [-0.2, 0) is 9.47 Å². The van der Waals surface area contributed by atoms with E-state index >= 15 is 0 Å². The Morgan fingerprint density at radius 1 is 1.62 bits per heavy atom. The fourth-order valence-electron chi connectivity index (χ4n) is 1.55. The number of hydrogen-bond acceptors (Lipinski definition) is 3. The normalized spacial score (nSPS) is 25.8. The van der Waals surface area contributed by atoms with Gasteiger partial charge in [-0.3, -0.25) is 0 Å². The van der Waals surface area contributed by atoms with Crippen molar-refractivity contribution in [3.8, 4) is 0 Å². The average Bonchev–Trinajstić information content (AvgIpc) is 2.19. The minimum Gasteiger partial charge on any atom is -0.390 e. The van der Waals surface area contributed by atoms with E-state index in [0.717, 1.165) is 32.5 Å². The summed E-state index contributed by atoms with van der Waals surface area (Å²) in [7, 11) is 0. The molecular weight excluding hydrogens is 168 g/mol. The molecule has 0 bridgehead atoms. The van der Waals surface area contributed by atoms with Crippen LogP contribution in [0.15, 0.2) is 0 Å². The second kappa shape index (κ2) is 6.35. The highest BCUT2D eigenvalue weighted by atomic mass is 16.5. The van der Waals surface area contributed by atoms with Crippen molar-refractivity contribution in [2.45, 2.75) is 32.3 Å². The Labute approximate surface area is 80.0 Å². The Kier molecular flexibility index (Phi) is 5.35. The predicted octanol–water partition coefficient (Wildman–Crippen LogP) is 1.20. The van der Waals surface area contributed by atoms with Gasteiger partial charge in [-0.25, -0.2) is 0 Å². The second-order valence-corrected chi connectivity index (χ2v) is 3.62. The van der Waals surface area contributed by atoms with Crippen LogP contribution in [0.5, 0.6) is 0 Å². The second-order valence-electron chi connectivity index (χ2n) is 3.62. The molecule has 0 spiro atoms. The van der Waals surface area contributed by atoms with Gasteiger partial charge in [0.1, 0.15) is 0 Å². The molecule has 0 aromatic heterocycles. The molecule has 1 rings (SSSR count). The van der Waals surface area contributed by atoms with Crippen LogP contribution in [0.3, 0.4) is 0 Å². The fourth-order valence-corrected chi connectivity index (χ4v) is 1.55. The highest BCUT2D eigenvalue weighted by molar-refractivity contribution is 4.71. The zero-order valence-electron chi connectivity index (χ0n) is 8.37. The standard InChI is InChI=1S/C10H20O3/c1-2-5-12-8-10(11)9-4-3-6-13-7-9/h9-11H,2-8H2,1H3. The molecule has 13 heavy (non-hydrogen) atoms. The molecule has 3 heteroatoms. The fraction of sp³-hybridized carbons (Fsp3) is 1.00. The highest BCUT2D eigenvalue weighted by Crippen LogP contribution is 2.17. The van der Waals surface area contributed by atoms with Gasteiger partial charge in [0.2, 0.25) is 0 Å². The summed E-state index contributed by atoms with van der Waals surface area (Å²) in [6.45, 7) is 4.80. The van der Waals surface area contributed by atoms with Crippen molar-refractivity contribution < 1.29 is 14.6 Å². The topological polar surface area (TPSA) is 38.7 Å². The maximum atomic E-state index is 9.70. The highest BCUT2D eigenvalue weighted by Gasteiger charge is 2.21. The van der Waals surface area contributed by atoms with Gasteiger partial charge in [0, 0.05) is 19.1 Å². The van der Waals surface area contributed by atoms with E-state index in [9.17, 15) is 5.11 Å². The third-order valence-corrected chi connectivity index (χ3v) is 2.38. The molecule has 1 heterocycles. The van der Waals surface area contributed by atoms with Crippen LogP contribution in [0.25, 0.3) is 0 Å². The summed E-state index contributed by atoms with van der Waals surface area (Å²) in [6, 6.07) is 0. The van der Waals surface area contributed by atoms with E-state index in [1.54, 1.807) is 0 Å². The van der Waals surface area contributed by atoms with Gasteiger partial charge in [0.05, 0.1) is 19.3 Å². The van der Waals surface area contributed by atoms with E-state index in [1.165, 1.54) is 0 Å². The summed E-state index contributed by atoms with van der Waals surface area (Å²) in [5.74, 6) is 0.283. The lowest BCUT2D eigenvalue weighted by Gasteiger charge is -2.26. The van der Waals surface area contributed by atoms with Crippen LogP contribution in [0.4, 0.5) is 0 Å². The van der Waals surface area contributed by atoms with Crippen molar-refractivity contribution >= 4 is 0 Å². The summed E-state index contributed by atoms with van der Waals surface area (Å²) >= 11 is 0. The van der Waals surface area contributed by atoms with Crippen molar-refractivity contribution in [3.05, 3.63) is 0 Å². The Morgan fingerprint density at radius 2 is 2.46 bits per heavy atom. The van der Waals surface area contributed by atoms with Gasteiger partial charge >= 0.3 is 0 Å². The van der Waals surface area contributed by atoms with Gasteiger partial charge in [0.25, 0.3) is 0 Å². The number of aliphatic hydroxyl groups excluding tert-OH is 1. The Morgan fingerprint density at radius 3 is 3.08 bits per heavy atom. The van der Waals surface area contributed by atoms with Gasteiger partial charge in [-0.2, -0.15) is 0 Å². The third kappa shape index (κ3) is 4.07. The molecule has 0 aliphatic carbocycles. The van der Waals surface area contributed by atoms with Gasteiger partial charge in [-0.05, 0) is 19.3 Å². The number of rotatable bonds is 5. The molecule has 3 nitrogen and oxygen atoms in total. The SMILES string of the molecule is CCCOCC(O)C1CCCOC1. The van der Waals surface area contributed by atoms with E-state index in [-0.39, 0.29) is 12.0 Å². The minimum atomic E-state index is -0.341. The maximum absolute atomic E-state index is 9.70. The molecule has 0 amide bonds. The summed E-state index contributed by atoms with van der Waals surface area (Å²) < 4.78 is 10.6. The van der Waals surface area contributed by atoms with E-state index < -0.39 is 0 Å². The molecule has 0 aromatic carbocycles. The molecular formula is C10H20O3. The van der Waals surface area contributed by atoms with Crippen molar-refractivity contribution in [3.63, 3.8) is 0 Å². The largest absolute Gasteiger partial charge is 0.390 e. The Hall–Kier alpha value is -0.120. The maximum Gasteiger partial charge on any atom is 0.0823 e. The van der Waals surface area contributed by atoms with Crippen LogP contribution < -0.4 is 0 Å². The van der Waals surface area contributed by atoms with Gasteiger partial charge in [-0.15, -0.1) is 0 Å². The van der Waals surface area contributed by atoms with Crippen molar-refractivity contribution in [1.82, 2.24) is 0 Å². The molecule has 78 valence electrons. The summed E-state index contributed by atoms with van der Waals surface area (Å²) in [4.78, 5) is 0. The van der Waals surface area contributed by atoms with Crippen LogP contribution in [-0.4, -0.2) is 37.6 Å². The van der Waals surface area contributed by atoms with Crippen LogP contribution >= 0.6 is 0 Å². The first kappa shape index (κ1) is 11.0. The zero-order chi connectivity index (χ0) is 9.52. The third-order valence-electron chi connectivity index (χ3n) is 2.38. The van der Waals surface area contributed by atoms with Crippen molar-refractivity contribution in [2.75, 3.05) is 26.4 Å². The Bertz CT molecular complexity index is 121. The predicted molar refractivity (Wildman–Crippen MR) is 50.7 cm³/mol. The van der Waals surface area contributed by atoms with E-state index in [4.69, 9.17) is 9.47 Å². The summed E-state index contributed by atoms with van der Waals surface area (Å²) in [5, 5.41) is 9.70. The first-order chi connectivity index (χ1) is 6.34. The zero-order valence-corrected chi connectivity index (χ0v) is 8.37. The molecule has 1 N–H and O–H groups in total. The lowest BCUT2D eigenvalue weighted by Crippen LogP contribution is -2.32. The van der Waals surface area contributed by atoms with Gasteiger partial charge in [-0.1, -0.05) is 6.92 Å². The molecule has 1 aliphatic rings. The molecule has 2 unspecified atom stereocenters. The van der Waals surface area contributed by atoms with E-state index in [2.05, 4.69) is 6.92 Å². The molecule has 0 radical (unpaired) electrons. The summed E-state index contributed by atoms with van der Waals surface area (Å²) in [5.41, 5.74) is 0. The molecule has 2 atom stereocenters. The van der Waals surface area contributed by atoms with Crippen LogP contribution in [0.1, 0.15) is 26.2 Å². The smallest absolute Gasteiger partial charge is 0.0823 e. The minimum absolute atomic E-state index is 0.283. The monoisotopic (exact) mass is 188 g/mol. The van der Waals surface area contributed by atoms with Crippen LogP contribution in [0.2, 0.25) is 0 Å². The average molecular weight is 188 g/mol. The van der Waals surface area contributed by atoms with E-state index in [1.807, 2.05) is 0 Å². The van der Waals surface area contributed by atoms with E-state index in [0.29, 0.717) is 13.2 Å². The quantitative estimate of drug-likeness (QED) is 0.659. The summed E-state index contributed by atoms with van der Waals surface area (Å²) in [6.07, 6.45) is 2.80. The number of ether oxygens (including phenoxy) is 2. The Balaban J connectivity index is 2.09. The molecule has 1 saturated heterocycles. The number of aliphatic hydroxyl groups is 1. The molecule has 0 aromatic rings. The van der Waals surface area contributed by atoms with Crippen molar-refractivity contribution in [1.29, 1.82) is 0 Å². The first-order valence-corrected chi connectivity index (χ1v) is 5.18. The van der Waals surface area contributed by atoms with Gasteiger partial charge in [0.15, 0.2) is 0 Å². The lowest BCUT2D eigenvalue weighted by atomic mass is 9.96. The first-order valence-electron chi connectivity index (χ1n) is 5.18. The molecule has 1 aliphatic heterocycles. The molecule has 1 fully saturated rings. The number of hydrogen-bond donors (Lipinski definition) is 1. The van der Waals surface area contributed by atoms with Gasteiger partial charge < -0.3 is 14.6 Å². The lowest BCUT2D eigenvalue weighted by molar-refractivity contribution is -0.0466. The molecule has 0 saturated carbocycles.